The molecule has 240 valence electrons. The molecule has 8 rings (SSSR count). The molecule has 4 aliphatic rings. The summed E-state index contributed by atoms with van der Waals surface area (Å²) in [5, 5.41) is 7.78. The number of benzene rings is 2. The van der Waals surface area contributed by atoms with E-state index in [4.69, 9.17) is 9.98 Å². The van der Waals surface area contributed by atoms with E-state index in [1.54, 1.807) is 22.9 Å². The molecule has 2 aromatic carbocycles. The Balaban J connectivity index is 1.23. The maximum Gasteiger partial charge on any atom is 0.261 e. The van der Waals surface area contributed by atoms with Crippen molar-refractivity contribution in [1.82, 2.24) is 24.8 Å². The van der Waals surface area contributed by atoms with Crippen LogP contribution in [0.3, 0.4) is 0 Å². The SMILES string of the molecule is C[C@@H]1C(N=C(Nc2ccc3c(=O)n(CCc4ccc(F)cc4)c(-c4ccccn4)nc3c2)N2CCN[C@@H](C)C2)C[C@@H]2C[C@H]1C2(C)C. The largest absolute Gasteiger partial charge is 0.340 e. The van der Waals surface area contributed by atoms with Gasteiger partial charge in [-0.2, -0.15) is 0 Å². The third kappa shape index (κ3) is 5.81. The summed E-state index contributed by atoms with van der Waals surface area (Å²) >= 11 is 0. The first-order valence-electron chi connectivity index (χ1n) is 16.7. The summed E-state index contributed by atoms with van der Waals surface area (Å²) < 4.78 is 15.2. The summed E-state index contributed by atoms with van der Waals surface area (Å²) in [6, 6.07) is 18.5. The van der Waals surface area contributed by atoms with Gasteiger partial charge in [0.2, 0.25) is 0 Å². The van der Waals surface area contributed by atoms with Gasteiger partial charge in [0.1, 0.15) is 11.5 Å². The summed E-state index contributed by atoms with van der Waals surface area (Å²) in [6.45, 7) is 12.5. The van der Waals surface area contributed by atoms with E-state index < -0.39 is 0 Å². The quantitative estimate of drug-likeness (QED) is 0.204. The number of hydrogen-bond acceptors (Lipinski definition) is 5. The van der Waals surface area contributed by atoms with E-state index in [-0.39, 0.29) is 17.4 Å². The molecule has 3 heterocycles. The number of pyridine rings is 1. The number of hydrogen-bond donors (Lipinski definition) is 2. The summed E-state index contributed by atoms with van der Waals surface area (Å²) in [5.41, 5.74) is 3.32. The highest BCUT2D eigenvalue weighted by atomic mass is 19.1. The van der Waals surface area contributed by atoms with Crippen molar-refractivity contribution in [2.75, 3.05) is 25.0 Å². The molecular weight excluding hydrogens is 577 g/mol. The third-order valence-corrected chi connectivity index (χ3v) is 10.9. The van der Waals surface area contributed by atoms with Crippen LogP contribution in [0.25, 0.3) is 22.4 Å². The Morgan fingerprint density at radius 3 is 2.65 bits per heavy atom. The van der Waals surface area contributed by atoms with Crippen LogP contribution in [-0.4, -0.2) is 57.1 Å². The Hall–Kier alpha value is -4.11. The number of guanidine groups is 1. The number of nitrogens with one attached hydrogen (secondary N) is 2. The van der Waals surface area contributed by atoms with Crippen LogP contribution in [0.2, 0.25) is 0 Å². The van der Waals surface area contributed by atoms with Crippen molar-refractivity contribution in [2.45, 2.75) is 65.6 Å². The number of piperazine rings is 1. The Morgan fingerprint density at radius 2 is 1.93 bits per heavy atom. The first-order valence-corrected chi connectivity index (χ1v) is 16.7. The predicted molar refractivity (Wildman–Crippen MR) is 182 cm³/mol. The normalized spacial score (nSPS) is 25.7. The van der Waals surface area contributed by atoms with Crippen LogP contribution < -0.4 is 16.2 Å². The smallest absolute Gasteiger partial charge is 0.261 e. The van der Waals surface area contributed by atoms with E-state index in [9.17, 15) is 9.18 Å². The molecule has 4 aromatic rings. The number of rotatable bonds is 6. The number of fused-ring (bicyclic) bond motifs is 3. The van der Waals surface area contributed by atoms with Gasteiger partial charge in [-0.3, -0.25) is 14.3 Å². The molecule has 1 unspecified atom stereocenters. The lowest BCUT2D eigenvalue weighted by atomic mass is 9.45. The second-order valence-corrected chi connectivity index (χ2v) is 14.1. The number of anilines is 1. The second-order valence-electron chi connectivity index (χ2n) is 14.1. The van der Waals surface area contributed by atoms with Crippen LogP contribution >= 0.6 is 0 Å². The lowest BCUT2D eigenvalue weighted by Crippen LogP contribution is -2.57. The van der Waals surface area contributed by atoms with Crippen LogP contribution in [0.1, 0.15) is 46.1 Å². The Kier molecular flexibility index (Phi) is 8.13. The molecule has 5 atom stereocenters. The first-order chi connectivity index (χ1) is 22.2. The number of aliphatic imine (C=N–C) groups is 1. The highest BCUT2D eigenvalue weighted by molar-refractivity contribution is 5.96. The van der Waals surface area contributed by atoms with Gasteiger partial charge in [-0.05, 0) is 97.4 Å². The molecule has 1 saturated heterocycles. The lowest BCUT2D eigenvalue weighted by molar-refractivity contribution is -0.108. The summed E-state index contributed by atoms with van der Waals surface area (Å²) in [5.74, 6) is 3.11. The Labute approximate surface area is 270 Å². The average molecular weight is 622 g/mol. The molecule has 0 spiro atoms. The average Bonchev–Trinajstić information content (AvgIpc) is 3.05. The molecule has 46 heavy (non-hydrogen) atoms. The second kappa shape index (κ2) is 12.2. The Bertz CT molecular complexity index is 1800. The van der Waals surface area contributed by atoms with E-state index in [0.717, 1.165) is 49.2 Å². The van der Waals surface area contributed by atoms with Crippen molar-refractivity contribution >= 4 is 22.5 Å². The van der Waals surface area contributed by atoms with Crippen molar-refractivity contribution in [3.63, 3.8) is 0 Å². The fraction of sp³-hybridized carbons (Fsp3) is 0.459. The van der Waals surface area contributed by atoms with Gasteiger partial charge in [0.25, 0.3) is 5.56 Å². The van der Waals surface area contributed by atoms with Gasteiger partial charge in [0, 0.05) is 44.1 Å². The molecular formula is C37H44FN7O. The standard InChI is InChI=1S/C37H44FN7O/c1-23-22-44(18-16-39-23)36(43-32-20-26-19-30(24(32)2)37(26,3)4)41-28-12-13-29-33(21-28)42-34(31-7-5-6-15-40-31)45(35(29)46)17-14-25-8-10-27(38)11-9-25/h5-13,15,21,23-24,26,30,32,39H,14,16-20,22H2,1-4H3,(H,41,43)/t23-,24-,26-,30+,32?/m0/s1. The monoisotopic (exact) mass is 621 g/mol. The molecule has 9 heteroatoms. The van der Waals surface area contributed by atoms with Gasteiger partial charge in [-0.1, -0.05) is 39.0 Å². The van der Waals surface area contributed by atoms with Gasteiger partial charge in [0.05, 0.1) is 16.9 Å². The molecule has 3 saturated carbocycles. The molecule has 2 aromatic heterocycles. The van der Waals surface area contributed by atoms with Crippen molar-refractivity contribution < 1.29 is 4.39 Å². The van der Waals surface area contributed by atoms with Crippen LogP contribution in [0.15, 0.2) is 76.6 Å². The maximum atomic E-state index is 14.0. The minimum atomic E-state index is -0.277. The van der Waals surface area contributed by atoms with Crippen molar-refractivity contribution in [1.29, 1.82) is 0 Å². The van der Waals surface area contributed by atoms with Gasteiger partial charge < -0.3 is 15.5 Å². The first kappa shape index (κ1) is 30.5. The molecule has 3 aliphatic carbocycles. The fourth-order valence-corrected chi connectivity index (χ4v) is 7.99. The maximum absolute atomic E-state index is 14.0. The summed E-state index contributed by atoms with van der Waals surface area (Å²) in [4.78, 5) is 31.3. The highest BCUT2D eigenvalue weighted by Crippen LogP contribution is 2.61. The molecule has 2 bridgehead atoms. The van der Waals surface area contributed by atoms with Gasteiger partial charge >= 0.3 is 0 Å². The Morgan fingerprint density at radius 1 is 1.11 bits per heavy atom. The van der Waals surface area contributed by atoms with Gasteiger partial charge in [-0.25, -0.2) is 14.4 Å². The third-order valence-electron chi connectivity index (χ3n) is 10.9. The zero-order chi connectivity index (χ0) is 32.0. The van der Waals surface area contributed by atoms with Crippen LogP contribution in [0.4, 0.5) is 10.1 Å². The van der Waals surface area contributed by atoms with Crippen molar-refractivity contribution in [3.8, 4) is 11.5 Å². The molecule has 8 nitrogen and oxygen atoms in total. The van der Waals surface area contributed by atoms with E-state index in [0.29, 0.717) is 58.7 Å². The predicted octanol–water partition coefficient (Wildman–Crippen LogP) is 5.97. The van der Waals surface area contributed by atoms with E-state index in [1.165, 1.54) is 18.6 Å². The fourth-order valence-electron chi connectivity index (χ4n) is 7.99. The van der Waals surface area contributed by atoms with Gasteiger partial charge in [0.15, 0.2) is 11.8 Å². The molecule has 0 radical (unpaired) electrons. The minimum Gasteiger partial charge on any atom is -0.340 e. The van der Waals surface area contributed by atoms with Crippen molar-refractivity contribution in [2.24, 2.45) is 28.2 Å². The minimum absolute atomic E-state index is 0.123. The number of aromatic nitrogens is 3. The molecule has 0 amide bonds. The van der Waals surface area contributed by atoms with Crippen LogP contribution in [-0.2, 0) is 13.0 Å². The van der Waals surface area contributed by atoms with Crippen molar-refractivity contribution in [3.05, 3.63) is 88.6 Å². The summed E-state index contributed by atoms with van der Waals surface area (Å²) in [6.07, 6.45) is 4.72. The molecule has 1 aliphatic heterocycles. The van der Waals surface area contributed by atoms with E-state index in [2.05, 4.69) is 48.2 Å². The number of halogens is 1. The summed E-state index contributed by atoms with van der Waals surface area (Å²) in [7, 11) is 0. The van der Waals surface area contributed by atoms with Crippen LogP contribution in [0, 0.1) is 29.0 Å². The topological polar surface area (TPSA) is 87.4 Å². The molecule has 4 fully saturated rings. The zero-order valence-corrected chi connectivity index (χ0v) is 27.2. The number of nitrogens with zero attached hydrogens (tertiary/aromatic N) is 5. The van der Waals surface area contributed by atoms with Gasteiger partial charge in [-0.15, -0.1) is 0 Å². The van der Waals surface area contributed by atoms with E-state index in [1.807, 2.05) is 36.4 Å². The zero-order valence-electron chi connectivity index (χ0n) is 27.2. The van der Waals surface area contributed by atoms with E-state index >= 15 is 0 Å². The molecule has 2 N–H and O–H groups in total. The highest BCUT2D eigenvalue weighted by Gasteiger charge is 2.56. The number of aryl methyl sites for hydroxylation is 1. The van der Waals surface area contributed by atoms with Crippen LogP contribution in [0.5, 0.6) is 0 Å². The lowest BCUT2D eigenvalue weighted by Gasteiger charge is -2.61.